The predicted molar refractivity (Wildman–Crippen MR) is 93.9 cm³/mol. The number of carbonyl (C=O) groups excluding carboxylic acids is 1. The Kier molecular flexibility index (Phi) is 4.76. The van der Waals surface area contributed by atoms with Crippen molar-refractivity contribution in [3.63, 3.8) is 0 Å². The number of nitrogen functional groups attached to an aromatic ring is 1. The molecule has 0 radical (unpaired) electrons. The zero-order valence-electron chi connectivity index (χ0n) is 13.0. The van der Waals surface area contributed by atoms with Gasteiger partial charge in [-0.2, -0.15) is 5.10 Å². The van der Waals surface area contributed by atoms with Crippen molar-refractivity contribution in [3.05, 3.63) is 60.3 Å². The van der Waals surface area contributed by atoms with Crippen LogP contribution in [0.3, 0.4) is 0 Å². The van der Waals surface area contributed by atoms with Gasteiger partial charge >= 0.3 is 0 Å². The summed E-state index contributed by atoms with van der Waals surface area (Å²) >= 11 is 1.69. The summed E-state index contributed by atoms with van der Waals surface area (Å²) in [6.07, 6.45) is 8.25. The van der Waals surface area contributed by atoms with E-state index in [9.17, 15) is 4.79 Å². The average molecular weight is 340 g/mol. The summed E-state index contributed by atoms with van der Waals surface area (Å²) in [6.45, 7) is 0.623. The molecule has 0 aliphatic rings. The van der Waals surface area contributed by atoms with Crippen molar-refractivity contribution in [1.82, 2.24) is 19.7 Å². The third-order valence-corrected chi connectivity index (χ3v) is 4.04. The van der Waals surface area contributed by atoms with Gasteiger partial charge in [0.1, 0.15) is 0 Å². The van der Waals surface area contributed by atoms with Crippen LogP contribution in [0, 0.1) is 0 Å². The van der Waals surface area contributed by atoms with Crippen molar-refractivity contribution in [2.45, 2.75) is 11.4 Å². The van der Waals surface area contributed by atoms with Gasteiger partial charge in [-0.25, -0.2) is 9.97 Å². The molecule has 24 heavy (non-hydrogen) atoms. The van der Waals surface area contributed by atoms with Crippen LogP contribution in [-0.2, 0) is 6.54 Å². The molecule has 2 heterocycles. The molecule has 0 spiro atoms. The smallest absolute Gasteiger partial charge is 0.278 e. The lowest BCUT2D eigenvalue weighted by molar-refractivity contribution is 0.102. The first-order valence-electron chi connectivity index (χ1n) is 7.19. The van der Waals surface area contributed by atoms with Crippen LogP contribution >= 0.6 is 11.8 Å². The highest BCUT2D eigenvalue weighted by Gasteiger charge is 2.13. The molecular formula is C16H16N6OS. The number of nitrogens with two attached hydrogens (primary N) is 1. The zero-order valence-corrected chi connectivity index (χ0v) is 13.8. The van der Waals surface area contributed by atoms with Gasteiger partial charge in [-0.05, 0) is 24.0 Å². The van der Waals surface area contributed by atoms with Crippen molar-refractivity contribution in [2.75, 3.05) is 17.3 Å². The highest BCUT2D eigenvalue weighted by molar-refractivity contribution is 7.98. The second-order valence-electron chi connectivity index (χ2n) is 5.02. The number of hydrogen-bond acceptors (Lipinski definition) is 6. The van der Waals surface area contributed by atoms with Gasteiger partial charge in [0.15, 0.2) is 11.5 Å². The number of hydrogen-bond donors (Lipinski definition) is 2. The summed E-state index contributed by atoms with van der Waals surface area (Å²) in [7, 11) is 0. The van der Waals surface area contributed by atoms with Crippen molar-refractivity contribution in [1.29, 1.82) is 0 Å². The molecule has 2 aromatic heterocycles. The first-order chi connectivity index (χ1) is 11.7. The van der Waals surface area contributed by atoms with E-state index in [-0.39, 0.29) is 11.5 Å². The SMILES string of the molecule is CSc1cccc(Cn2cc(NC(=O)c3nccnc3N)cn2)c1. The van der Waals surface area contributed by atoms with Crippen LogP contribution in [0.2, 0.25) is 0 Å². The molecule has 3 aromatic rings. The Labute approximate surface area is 143 Å². The number of benzene rings is 1. The largest absolute Gasteiger partial charge is 0.382 e. The van der Waals surface area contributed by atoms with Crippen LogP contribution in [0.1, 0.15) is 16.1 Å². The molecule has 1 aromatic carbocycles. The van der Waals surface area contributed by atoms with E-state index in [2.05, 4.69) is 32.5 Å². The van der Waals surface area contributed by atoms with E-state index in [1.807, 2.05) is 18.4 Å². The molecule has 7 nitrogen and oxygen atoms in total. The highest BCUT2D eigenvalue weighted by atomic mass is 32.2. The molecule has 0 aliphatic carbocycles. The Bertz CT molecular complexity index is 863. The molecule has 8 heteroatoms. The van der Waals surface area contributed by atoms with E-state index in [0.29, 0.717) is 12.2 Å². The molecule has 1 amide bonds. The molecule has 0 saturated carbocycles. The van der Waals surface area contributed by atoms with Crippen molar-refractivity contribution in [2.24, 2.45) is 0 Å². The van der Waals surface area contributed by atoms with Crippen molar-refractivity contribution >= 4 is 29.2 Å². The number of anilines is 2. The van der Waals surface area contributed by atoms with Gasteiger partial charge in [0, 0.05) is 23.5 Å². The van der Waals surface area contributed by atoms with Gasteiger partial charge in [0.2, 0.25) is 0 Å². The molecule has 0 fully saturated rings. The maximum Gasteiger partial charge on any atom is 0.278 e. The Morgan fingerprint density at radius 2 is 2.17 bits per heavy atom. The first kappa shape index (κ1) is 16.0. The van der Waals surface area contributed by atoms with Gasteiger partial charge in [-0.3, -0.25) is 9.48 Å². The molecule has 0 atom stereocenters. The van der Waals surface area contributed by atoms with Crippen LogP contribution in [-0.4, -0.2) is 31.9 Å². The minimum absolute atomic E-state index is 0.0938. The van der Waals surface area contributed by atoms with Crippen LogP contribution in [0.25, 0.3) is 0 Å². The number of carbonyl (C=O) groups is 1. The zero-order chi connectivity index (χ0) is 16.9. The number of rotatable bonds is 5. The summed E-state index contributed by atoms with van der Waals surface area (Å²) in [4.78, 5) is 21.1. The molecular weight excluding hydrogens is 324 g/mol. The summed E-state index contributed by atoms with van der Waals surface area (Å²) in [5, 5.41) is 6.98. The second-order valence-corrected chi connectivity index (χ2v) is 5.90. The van der Waals surface area contributed by atoms with Gasteiger partial charge < -0.3 is 11.1 Å². The molecule has 3 N–H and O–H groups in total. The fourth-order valence-electron chi connectivity index (χ4n) is 2.19. The van der Waals surface area contributed by atoms with E-state index in [0.717, 1.165) is 5.56 Å². The third-order valence-electron chi connectivity index (χ3n) is 3.31. The van der Waals surface area contributed by atoms with Crippen molar-refractivity contribution < 1.29 is 4.79 Å². The van der Waals surface area contributed by atoms with Crippen LogP contribution in [0.5, 0.6) is 0 Å². The summed E-state index contributed by atoms with van der Waals surface area (Å²) in [6, 6.07) is 8.24. The number of amides is 1. The molecule has 0 unspecified atom stereocenters. The van der Waals surface area contributed by atoms with Crippen molar-refractivity contribution in [3.8, 4) is 0 Å². The normalized spacial score (nSPS) is 10.5. The van der Waals surface area contributed by atoms with E-state index < -0.39 is 5.91 Å². The maximum atomic E-state index is 12.2. The summed E-state index contributed by atoms with van der Waals surface area (Å²) in [5.74, 6) is -0.319. The van der Waals surface area contributed by atoms with Gasteiger partial charge in [-0.15, -0.1) is 11.8 Å². The van der Waals surface area contributed by atoms with Crippen LogP contribution < -0.4 is 11.1 Å². The summed E-state index contributed by atoms with van der Waals surface area (Å²) < 4.78 is 1.76. The minimum Gasteiger partial charge on any atom is -0.382 e. The fourth-order valence-corrected chi connectivity index (χ4v) is 2.67. The lowest BCUT2D eigenvalue weighted by Gasteiger charge is -2.04. The monoisotopic (exact) mass is 340 g/mol. The lowest BCUT2D eigenvalue weighted by atomic mass is 10.2. The Hall–Kier alpha value is -2.87. The summed E-state index contributed by atoms with van der Waals surface area (Å²) in [5.41, 5.74) is 7.46. The second kappa shape index (κ2) is 7.14. The number of thioether (sulfide) groups is 1. The standard InChI is InChI=1S/C16H16N6OS/c1-24-13-4-2-3-11(7-13)9-22-10-12(8-20-22)21-16(23)14-15(17)19-6-5-18-14/h2-8,10H,9H2,1H3,(H2,17,19)(H,21,23). The van der Waals surface area contributed by atoms with E-state index in [4.69, 9.17) is 5.73 Å². The minimum atomic E-state index is -0.412. The molecule has 0 bridgehead atoms. The molecule has 0 saturated heterocycles. The average Bonchev–Trinajstić information content (AvgIpc) is 3.02. The van der Waals surface area contributed by atoms with Crippen LogP contribution in [0.4, 0.5) is 11.5 Å². The first-order valence-corrected chi connectivity index (χ1v) is 8.41. The van der Waals surface area contributed by atoms with Gasteiger partial charge in [-0.1, -0.05) is 12.1 Å². The van der Waals surface area contributed by atoms with E-state index >= 15 is 0 Å². The lowest BCUT2D eigenvalue weighted by Crippen LogP contribution is -2.16. The highest BCUT2D eigenvalue weighted by Crippen LogP contribution is 2.17. The topological polar surface area (TPSA) is 98.7 Å². The molecule has 3 rings (SSSR count). The predicted octanol–water partition coefficient (Wildman–Crippen LogP) is 2.28. The van der Waals surface area contributed by atoms with Crippen LogP contribution in [0.15, 0.2) is 53.9 Å². The van der Waals surface area contributed by atoms with Gasteiger partial charge in [0.05, 0.1) is 18.4 Å². The Morgan fingerprint density at radius 3 is 2.96 bits per heavy atom. The maximum absolute atomic E-state index is 12.2. The molecule has 0 aliphatic heterocycles. The fraction of sp³-hybridized carbons (Fsp3) is 0.125. The Balaban J connectivity index is 1.69. The van der Waals surface area contributed by atoms with E-state index in [1.165, 1.54) is 17.3 Å². The Morgan fingerprint density at radius 1 is 1.33 bits per heavy atom. The molecule has 122 valence electrons. The van der Waals surface area contributed by atoms with Gasteiger partial charge in [0.25, 0.3) is 5.91 Å². The third kappa shape index (κ3) is 3.72. The quantitative estimate of drug-likeness (QED) is 0.691. The number of nitrogens with zero attached hydrogens (tertiary/aromatic N) is 4. The number of aromatic nitrogens is 4. The van der Waals surface area contributed by atoms with E-state index in [1.54, 1.807) is 28.8 Å². The number of nitrogens with one attached hydrogen (secondary N) is 1.